The summed E-state index contributed by atoms with van der Waals surface area (Å²) in [5.41, 5.74) is 0.589. The summed E-state index contributed by atoms with van der Waals surface area (Å²) in [6, 6.07) is 7.03. The Kier molecular flexibility index (Phi) is 3.29. The molecule has 0 saturated heterocycles. The molecule has 114 valence electrons. The first-order valence-electron chi connectivity index (χ1n) is 6.61. The van der Waals surface area contributed by atoms with Gasteiger partial charge in [0.15, 0.2) is 17.3 Å². The van der Waals surface area contributed by atoms with E-state index in [4.69, 9.17) is 9.47 Å². The van der Waals surface area contributed by atoms with Crippen molar-refractivity contribution in [3.8, 4) is 28.7 Å². The number of fused-ring (bicyclic) bond motifs is 1. The number of methoxy groups -OCH3 is 1. The van der Waals surface area contributed by atoms with E-state index >= 15 is 0 Å². The van der Waals surface area contributed by atoms with Crippen molar-refractivity contribution in [2.75, 3.05) is 13.7 Å². The molecule has 1 aliphatic rings. The zero-order chi connectivity index (χ0) is 15.9. The van der Waals surface area contributed by atoms with E-state index in [0.29, 0.717) is 11.3 Å². The Balaban J connectivity index is 2.01. The molecule has 22 heavy (non-hydrogen) atoms. The fourth-order valence-electron chi connectivity index (χ4n) is 2.54. The van der Waals surface area contributed by atoms with Gasteiger partial charge in [-0.05, 0) is 17.7 Å². The highest BCUT2D eigenvalue weighted by molar-refractivity contribution is 6.06. The predicted octanol–water partition coefficient (Wildman–Crippen LogP) is 2.17. The van der Waals surface area contributed by atoms with E-state index in [1.54, 1.807) is 12.1 Å². The third-order valence-corrected chi connectivity index (χ3v) is 3.64. The Morgan fingerprint density at radius 2 is 1.91 bits per heavy atom. The zero-order valence-corrected chi connectivity index (χ0v) is 11.7. The van der Waals surface area contributed by atoms with Crippen LogP contribution in [0.5, 0.6) is 28.7 Å². The van der Waals surface area contributed by atoms with Gasteiger partial charge in [0.2, 0.25) is 0 Å². The molecule has 0 fully saturated rings. The highest BCUT2D eigenvalue weighted by Crippen LogP contribution is 2.41. The first kappa shape index (κ1) is 14.1. The maximum absolute atomic E-state index is 12.6. The van der Waals surface area contributed by atoms with Crippen LogP contribution in [0.1, 0.15) is 21.8 Å². The minimum Gasteiger partial charge on any atom is -0.508 e. The molecule has 6 heteroatoms. The minimum absolute atomic E-state index is 0.0318. The van der Waals surface area contributed by atoms with Crippen molar-refractivity contribution >= 4 is 5.78 Å². The molecule has 0 aliphatic carbocycles. The highest BCUT2D eigenvalue weighted by Gasteiger charge is 2.33. The van der Waals surface area contributed by atoms with E-state index in [-0.39, 0.29) is 41.0 Å². The van der Waals surface area contributed by atoms with Crippen LogP contribution in [-0.4, -0.2) is 34.8 Å². The smallest absolute Gasteiger partial charge is 0.181 e. The van der Waals surface area contributed by atoms with Crippen LogP contribution in [-0.2, 0) is 0 Å². The van der Waals surface area contributed by atoms with E-state index in [1.807, 2.05) is 0 Å². The molecule has 3 N–H and O–H groups in total. The molecule has 1 aliphatic heterocycles. The van der Waals surface area contributed by atoms with Crippen molar-refractivity contribution < 1.29 is 29.6 Å². The monoisotopic (exact) mass is 302 g/mol. The summed E-state index contributed by atoms with van der Waals surface area (Å²) in [5.74, 6) is -1.11. The van der Waals surface area contributed by atoms with Gasteiger partial charge >= 0.3 is 0 Å². The van der Waals surface area contributed by atoms with Crippen molar-refractivity contribution in [1.29, 1.82) is 0 Å². The Morgan fingerprint density at radius 3 is 2.59 bits per heavy atom. The highest BCUT2D eigenvalue weighted by atomic mass is 16.5. The molecule has 1 atom stereocenters. The van der Waals surface area contributed by atoms with Crippen molar-refractivity contribution in [3.63, 3.8) is 0 Å². The number of carbonyl (C=O) groups is 1. The number of phenols is 3. The van der Waals surface area contributed by atoms with Gasteiger partial charge in [-0.2, -0.15) is 0 Å². The van der Waals surface area contributed by atoms with Gasteiger partial charge in [0.25, 0.3) is 0 Å². The van der Waals surface area contributed by atoms with Gasteiger partial charge in [0.1, 0.15) is 29.4 Å². The number of Topliss-reactive ketones (excluding diaryl/α,β-unsaturated/α-hetero) is 1. The standard InChI is InChI=1S/C16H14O6/c1-21-13-3-2-8(4-11(13)18)10-7-22-14-6-9(17)5-12(19)15(14)16(10)20/h2-6,10,17-19H,7H2,1H3/t10-/m1/s1. The van der Waals surface area contributed by atoms with Crippen LogP contribution in [0.3, 0.4) is 0 Å². The van der Waals surface area contributed by atoms with Gasteiger partial charge in [-0.1, -0.05) is 6.07 Å². The summed E-state index contributed by atoms with van der Waals surface area (Å²) in [5, 5.41) is 29.1. The molecule has 0 spiro atoms. The van der Waals surface area contributed by atoms with Crippen molar-refractivity contribution in [3.05, 3.63) is 41.5 Å². The summed E-state index contributed by atoms with van der Waals surface area (Å²) in [6.07, 6.45) is 0. The molecule has 2 aromatic carbocycles. The number of ether oxygens (including phenoxy) is 2. The van der Waals surface area contributed by atoms with Gasteiger partial charge in [-0.3, -0.25) is 4.79 Å². The number of benzene rings is 2. The second-order valence-corrected chi connectivity index (χ2v) is 5.00. The third-order valence-electron chi connectivity index (χ3n) is 3.64. The third kappa shape index (κ3) is 2.18. The lowest BCUT2D eigenvalue weighted by molar-refractivity contribution is 0.0892. The Labute approximate surface area is 126 Å². The average molecular weight is 302 g/mol. The van der Waals surface area contributed by atoms with E-state index in [1.165, 1.54) is 19.2 Å². The van der Waals surface area contributed by atoms with Crippen molar-refractivity contribution in [2.45, 2.75) is 5.92 Å². The Bertz CT molecular complexity index is 753. The summed E-state index contributed by atoms with van der Waals surface area (Å²) in [6.45, 7) is 0.0560. The number of carbonyl (C=O) groups excluding carboxylic acids is 1. The van der Waals surface area contributed by atoms with Crippen LogP contribution < -0.4 is 9.47 Å². The lowest BCUT2D eigenvalue weighted by Crippen LogP contribution is -2.26. The first-order valence-corrected chi connectivity index (χ1v) is 6.61. The van der Waals surface area contributed by atoms with Gasteiger partial charge in [-0.15, -0.1) is 0 Å². The molecule has 0 bridgehead atoms. The molecule has 3 rings (SSSR count). The lowest BCUT2D eigenvalue weighted by atomic mass is 9.88. The number of phenolic OH excluding ortho intramolecular Hbond substituents is 3. The van der Waals surface area contributed by atoms with Gasteiger partial charge < -0.3 is 24.8 Å². The molecule has 0 radical (unpaired) electrons. The second-order valence-electron chi connectivity index (χ2n) is 5.00. The minimum atomic E-state index is -0.653. The maximum atomic E-state index is 12.6. The number of hydrogen-bond donors (Lipinski definition) is 3. The maximum Gasteiger partial charge on any atom is 0.181 e. The van der Waals surface area contributed by atoms with Crippen molar-refractivity contribution in [2.24, 2.45) is 0 Å². The van der Waals surface area contributed by atoms with Gasteiger partial charge in [0, 0.05) is 12.1 Å². The molecule has 6 nitrogen and oxygen atoms in total. The van der Waals surface area contributed by atoms with Crippen LogP contribution in [0.2, 0.25) is 0 Å². The predicted molar refractivity (Wildman–Crippen MR) is 77.0 cm³/mol. The largest absolute Gasteiger partial charge is 0.508 e. The topological polar surface area (TPSA) is 96.2 Å². The number of ketones is 1. The van der Waals surface area contributed by atoms with Gasteiger partial charge in [0.05, 0.1) is 13.0 Å². The summed E-state index contributed by atoms with van der Waals surface area (Å²) < 4.78 is 10.4. The number of hydrogen-bond acceptors (Lipinski definition) is 6. The molecular formula is C16H14O6. The lowest BCUT2D eigenvalue weighted by Gasteiger charge is -2.25. The summed E-state index contributed by atoms with van der Waals surface area (Å²) in [4.78, 5) is 12.6. The van der Waals surface area contributed by atoms with E-state index < -0.39 is 5.92 Å². The fourth-order valence-corrected chi connectivity index (χ4v) is 2.54. The van der Waals surface area contributed by atoms with Crippen LogP contribution in [0.25, 0.3) is 0 Å². The van der Waals surface area contributed by atoms with Crippen molar-refractivity contribution in [1.82, 2.24) is 0 Å². The quantitative estimate of drug-likeness (QED) is 0.787. The van der Waals surface area contributed by atoms with E-state index in [9.17, 15) is 20.1 Å². The van der Waals surface area contributed by atoms with E-state index in [0.717, 1.165) is 6.07 Å². The first-order chi connectivity index (χ1) is 10.5. The van der Waals surface area contributed by atoms with E-state index in [2.05, 4.69) is 0 Å². The fraction of sp³-hybridized carbons (Fsp3) is 0.188. The molecule has 0 aromatic heterocycles. The molecule has 1 heterocycles. The second kappa shape index (κ2) is 5.14. The van der Waals surface area contributed by atoms with Crippen LogP contribution in [0.15, 0.2) is 30.3 Å². The number of aromatic hydroxyl groups is 3. The zero-order valence-electron chi connectivity index (χ0n) is 11.7. The normalized spacial score (nSPS) is 16.8. The summed E-state index contributed by atoms with van der Waals surface area (Å²) in [7, 11) is 1.43. The van der Waals surface area contributed by atoms with Gasteiger partial charge in [-0.25, -0.2) is 0 Å². The van der Waals surface area contributed by atoms with Crippen LogP contribution in [0, 0.1) is 0 Å². The number of rotatable bonds is 2. The molecular weight excluding hydrogens is 288 g/mol. The molecule has 2 aromatic rings. The average Bonchev–Trinajstić information content (AvgIpc) is 2.46. The van der Waals surface area contributed by atoms with Crippen LogP contribution >= 0.6 is 0 Å². The summed E-state index contributed by atoms with van der Waals surface area (Å²) >= 11 is 0. The Hall–Kier alpha value is -2.89. The van der Waals surface area contributed by atoms with Crippen LogP contribution in [0.4, 0.5) is 0 Å². The molecule has 0 amide bonds. The molecule has 0 saturated carbocycles. The molecule has 0 unspecified atom stereocenters. The Morgan fingerprint density at radius 1 is 1.14 bits per heavy atom. The SMILES string of the molecule is COc1ccc([C@H]2COc3cc(O)cc(O)c3C2=O)cc1O.